The lowest BCUT2D eigenvalue weighted by atomic mass is 10.1. The minimum Gasteiger partial charge on any atom is -0.461 e. The SMILES string of the molecule is CCOC(=O)C(F)(F)c1cc2cn(C)nc2cc1F. The zero-order chi connectivity index (χ0) is 14.2. The van der Waals surface area contributed by atoms with Gasteiger partial charge in [-0.1, -0.05) is 0 Å². The van der Waals surface area contributed by atoms with Crippen molar-refractivity contribution in [1.82, 2.24) is 9.78 Å². The van der Waals surface area contributed by atoms with E-state index in [0.29, 0.717) is 5.39 Å². The van der Waals surface area contributed by atoms with Gasteiger partial charge in [0.05, 0.1) is 17.7 Å². The van der Waals surface area contributed by atoms with Crippen molar-refractivity contribution >= 4 is 16.9 Å². The van der Waals surface area contributed by atoms with E-state index in [0.717, 1.165) is 12.1 Å². The quantitative estimate of drug-likeness (QED) is 0.806. The molecule has 19 heavy (non-hydrogen) atoms. The Labute approximate surface area is 106 Å². The van der Waals surface area contributed by atoms with Crippen molar-refractivity contribution in [2.75, 3.05) is 6.61 Å². The van der Waals surface area contributed by atoms with E-state index in [1.807, 2.05) is 0 Å². The number of esters is 1. The maximum absolute atomic E-state index is 13.8. The fourth-order valence-electron chi connectivity index (χ4n) is 1.74. The van der Waals surface area contributed by atoms with Gasteiger partial charge in [0.25, 0.3) is 0 Å². The van der Waals surface area contributed by atoms with E-state index in [-0.39, 0.29) is 12.1 Å². The molecular weight excluding hydrogens is 261 g/mol. The summed E-state index contributed by atoms with van der Waals surface area (Å²) in [5, 5.41) is 4.22. The second-order valence-electron chi connectivity index (χ2n) is 3.99. The lowest BCUT2D eigenvalue weighted by molar-refractivity contribution is -0.173. The number of benzene rings is 1. The molecule has 0 saturated heterocycles. The van der Waals surface area contributed by atoms with Crippen LogP contribution in [0.4, 0.5) is 13.2 Å². The highest BCUT2D eigenvalue weighted by atomic mass is 19.3. The second-order valence-corrected chi connectivity index (χ2v) is 3.99. The Morgan fingerprint density at radius 3 is 2.79 bits per heavy atom. The van der Waals surface area contributed by atoms with Gasteiger partial charge in [-0.05, 0) is 13.0 Å². The van der Waals surface area contributed by atoms with Crippen molar-refractivity contribution in [2.24, 2.45) is 7.05 Å². The minimum atomic E-state index is -4.02. The van der Waals surface area contributed by atoms with Crippen LogP contribution in [0.25, 0.3) is 10.9 Å². The maximum Gasteiger partial charge on any atom is 0.382 e. The molecule has 0 bridgehead atoms. The van der Waals surface area contributed by atoms with Gasteiger partial charge in [0, 0.05) is 24.7 Å². The first-order valence-electron chi connectivity index (χ1n) is 5.54. The van der Waals surface area contributed by atoms with Crippen LogP contribution in [-0.4, -0.2) is 22.4 Å². The highest BCUT2D eigenvalue weighted by Crippen LogP contribution is 2.33. The monoisotopic (exact) mass is 272 g/mol. The maximum atomic E-state index is 13.8. The summed E-state index contributed by atoms with van der Waals surface area (Å²) in [6, 6.07) is 1.78. The fraction of sp³-hybridized carbons (Fsp3) is 0.333. The van der Waals surface area contributed by atoms with Crippen LogP contribution in [0.15, 0.2) is 18.3 Å². The number of alkyl halides is 2. The molecule has 0 amide bonds. The molecule has 0 aliphatic carbocycles. The number of aryl methyl sites for hydroxylation is 1. The minimum absolute atomic E-state index is 0.203. The summed E-state index contributed by atoms with van der Waals surface area (Å²) in [6.07, 6.45) is 1.46. The normalized spacial score (nSPS) is 11.8. The smallest absolute Gasteiger partial charge is 0.382 e. The van der Waals surface area contributed by atoms with Gasteiger partial charge in [-0.15, -0.1) is 0 Å². The first-order valence-corrected chi connectivity index (χ1v) is 5.54. The van der Waals surface area contributed by atoms with Gasteiger partial charge in [-0.3, -0.25) is 4.68 Å². The third kappa shape index (κ3) is 2.27. The van der Waals surface area contributed by atoms with E-state index in [4.69, 9.17) is 0 Å². The molecule has 0 unspecified atom stereocenters. The Morgan fingerprint density at radius 2 is 2.16 bits per heavy atom. The number of aromatic nitrogens is 2. The largest absolute Gasteiger partial charge is 0.461 e. The lowest BCUT2D eigenvalue weighted by Gasteiger charge is -2.15. The van der Waals surface area contributed by atoms with Gasteiger partial charge in [0.1, 0.15) is 5.82 Å². The molecule has 0 radical (unpaired) electrons. The van der Waals surface area contributed by atoms with Crippen LogP contribution < -0.4 is 0 Å². The second kappa shape index (κ2) is 4.56. The first kappa shape index (κ1) is 13.4. The average Bonchev–Trinajstić information content (AvgIpc) is 2.67. The first-order chi connectivity index (χ1) is 8.86. The summed E-state index contributed by atoms with van der Waals surface area (Å²) >= 11 is 0. The van der Waals surface area contributed by atoms with Crippen LogP contribution in [-0.2, 0) is 22.5 Å². The van der Waals surface area contributed by atoms with Crippen molar-refractivity contribution in [3.05, 3.63) is 29.7 Å². The molecule has 1 aromatic heterocycles. The van der Waals surface area contributed by atoms with Crippen LogP contribution >= 0.6 is 0 Å². The summed E-state index contributed by atoms with van der Waals surface area (Å²) in [5.74, 6) is -6.98. The van der Waals surface area contributed by atoms with E-state index in [9.17, 15) is 18.0 Å². The molecular formula is C12H11F3N2O2. The Bertz CT molecular complexity index is 637. The molecule has 0 N–H and O–H groups in total. The van der Waals surface area contributed by atoms with Gasteiger partial charge in [-0.25, -0.2) is 9.18 Å². The molecule has 0 fully saturated rings. The van der Waals surface area contributed by atoms with Gasteiger partial charge in [0.2, 0.25) is 0 Å². The Kier molecular flexibility index (Phi) is 3.21. The molecule has 2 aromatic rings. The number of hydrogen-bond acceptors (Lipinski definition) is 3. The summed E-state index contributed by atoms with van der Waals surface area (Å²) in [7, 11) is 1.58. The van der Waals surface area contributed by atoms with Gasteiger partial charge in [0.15, 0.2) is 0 Å². The van der Waals surface area contributed by atoms with Crippen LogP contribution in [0.3, 0.4) is 0 Å². The van der Waals surface area contributed by atoms with E-state index in [2.05, 4.69) is 9.84 Å². The van der Waals surface area contributed by atoms with Gasteiger partial charge < -0.3 is 4.74 Å². The van der Waals surface area contributed by atoms with E-state index in [1.165, 1.54) is 17.8 Å². The number of carbonyl (C=O) groups is 1. The van der Waals surface area contributed by atoms with Crippen LogP contribution in [0.1, 0.15) is 12.5 Å². The van der Waals surface area contributed by atoms with Crippen molar-refractivity contribution < 1.29 is 22.7 Å². The van der Waals surface area contributed by atoms with E-state index >= 15 is 0 Å². The molecule has 0 aliphatic heterocycles. The summed E-state index contributed by atoms with van der Waals surface area (Å²) in [5.41, 5.74) is -0.769. The van der Waals surface area contributed by atoms with Crippen molar-refractivity contribution in [1.29, 1.82) is 0 Å². The predicted molar refractivity (Wildman–Crippen MR) is 61.2 cm³/mol. The van der Waals surface area contributed by atoms with Crippen LogP contribution in [0.2, 0.25) is 0 Å². The topological polar surface area (TPSA) is 44.1 Å². The zero-order valence-corrected chi connectivity index (χ0v) is 10.3. The third-order valence-electron chi connectivity index (χ3n) is 2.58. The molecule has 0 atom stereocenters. The number of nitrogens with zero attached hydrogens (tertiary/aromatic N) is 2. The highest BCUT2D eigenvalue weighted by molar-refractivity contribution is 5.84. The average molecular weight is 272 g/mol. The molecule has 102 valence electrons. The third-order valence-corrected chi connectivity index (χ3v) is 2.58. The molecule has 0 saturated carbocycles. The number of hydrogen-bond donors (Lipinski definition) is 0. The Hall–Kier alpha value is -2.05. The predicted octanol–water partition coefficient (Wildman–Crippen LogP) is 2.37. The molecule has 1 heterocycles. The standard InChI is InChI=1S/C12H11F3N2O2/c1-3-19-11(18)12(14,15)8-4-7-6-17(2)16-10(7)5-9(8)13/h4-6H,3H2,1-2H3. The highest BCUT2D eigenvalue weighted by Gasteiger charge is 2.45. The fourth-order valence-corrected chi connectivity index (χ4v) is 1.74. The van der Waals surface area contributed by atoms with Crippen molar-refractivity contribution in [2.45, 2.75) is 12.8 Å². The molecule has 0 spiro atoms. The summed E-state index contributed by atoms with van der Waals surface area (Å²) in [4.78, 5) is 11.2. The number of fused-ring (bicyclic) bond motifs is 1. The van der Waals surface area contributed by atoms with E-state index < -0.39 is 23.3 Å². The number of rotatable bonds is 3. The van der Waals surface area contributed by atoms with Crippen molar-refractivity contribution in [3.63, 3.8) is 0 Å². The van der Waals surface area contributed by atoms with Gasteiger partial charge in [-0.2, -0.15) is 13.9 Å². The molecule has 0 aliphatic rings. The van der Waals surface area contributed by atoms with Crippen LogP contribution in [0.5, 0.6) is 0 Å². The van der Waals surface area contributed by atoms with Gasteiger partial charge >= 0.3 is 11.9 Å². The molecule has 4 nitrogen and oxygen atoms in total. The van der Waals surface area contributed by atoms with Crippen molar-refractivity contribution in [3.8, 4) is 0 Å². The Morgan fingerprint density at radius 1 is 1.47 bits per heavy atom. The summed E-state index contributed by atoms with van der Waals surface area (Å²) < 4.78 is 46.9. The lowest BCUT2D eigenvalue weighted by Crippen LogP contribution is -2.29. The van der Waals surface area contributed by atoms with E-state index in [1.54, 1.807) is 7.05 Å². The number of carbonyl (C=O) groups excluding carboxylic acids is 1. The molecule has 1 aromatic carbocycles. The molecule has 7 heteroatoms. The Balaban J connectivity index is 2.54. The molecule has 2 rings (SSSR count). The zero-order valence-electron chi connectivity index (χ0n) is 10.3. The number of ether oxygens (including phenoxy) is 1. The van der Waals surface area contributed by atoms with Crippen LogP contribution in [0, 0.1) is 5.82 Å². The summed E-state index contributed by atoms with van der Waals surface area (Å²) in [6.45, 7) is 1.19. The number of halogens is 3.